The summed E-state index contributed by atoms with van der Waals surface area (Å²) in [6, 6.07) is 3.99. The predicted molar refractivity (Wildman–Crippen MR) is 69.4 cm³/mol. The van der Waals surface area contributed by atoms with Crippen molar-refractivity contribution >= 4 is 21.7 Å². The summed E-state index contributed by atoms with van der Waals surface area (Å²) in [5.74, 6) is 3.89. The van der Waals surface area contributed by atoms with Gasteiger partial charge < -0.3 is 5.32 Å². The van der Waals surface area contributed by atoms with Gasteiger partial charge in [-0.2, -0.15) is 0 Å². The van der Waals surface area contributed by atoms with Crippen molar-refractivity contribution in [2.24, 2.45) is 17.8 Å². The number of anilines is 1. The van der Waals surface area contributed by atoms with E-state index in [1.54, 1.807) is 0 Å². The van der Waals surface area contributed by atoms with E-state index in [0.29, 0.717) is 0 Å². The zero-order valence-corrected chi connectivity index (χ0v) is 10.9. The van der Waals surface area contributed by atoms with Gasteiger partial charge in [-0.05, 0) is 65.1 Å². The van der Waals surface area contributed by atoms with Crippen LogP contribution in [0.4, 0.5) is 5.82 Å². The maximum Gasteiger partial charge on any atom is 0.140 e. The average molecular weight is 281 g/mol. The van der Waals surface area contributed by atoms with Gasteiger partial charge in [-0.3, -0.25) is 0 Å². The minimum Gasteiger partial charge on any atom is -0.369 e. The molecule has 2 bridgehead atoms. The second-order valence-electron chi connectivity index (χ2n) is 5.15. The highest BCUT2D eigenvalue weighted by molar-refractivity contribution is 9.10. The molecule has 1 heterocycles. The summed E-state index contributed by atoms with van der Waals surface area (Å²) in [6.45, 7) is 1.09. The highest BCUT2D eigenvalue weighted by Crippen LogP contribution is 2.48. The summed E-state index contributed by atoms with van der Waals surface area (Å²) in [5.41, 5.74) is 0. The van der Waals surface area contributed by atoms with Gasteiger partial charge in [0.05, 0.1) is 4.47 Å². The van der Waals surface area contributed by atoms with Gasteiger partial charge in [-0.25, -0.2) is 4.98 Å². The first-order chi connectivity index (χ1) is 7.83. The molecule has 0 spiro atoms. The Morgan fingerprint density at radius 2 is 2.31 bits per heavy atom. The van der Waals surface area contributed by atoms with E-state index in [1.165, 1.54) is 25.7 Å². The zero-order chi connectivity index (χ0) is 11.0. The lowest BCUT2D eigenvalue weighted by Crippen LogP contribution is -2.20. The first-order valence-corrected chi connectivity index (χ1v) is 6.96. The Hall–Kier alpha value is -0.570. The molecule has 2 saturated carbocycles. The van der Waals surface area contributed by atoms with E-state index < -0.39 is 0 Å². The Bertz CT molecular complexity index is 380. The molecule has 0 saturated heterocycles. The van der Waals surface area contributed by atoms with Crippen molar-refractivity contribution in [2.75, 3.05) is 11.9 Å². The molecule has 3 atom stereocenters. The highest BCUT2D eigenvalue weighted by Gasteiger charge is 2.39. The molecule has 1 aromatic rings. The van der Waals surface area contributed by atoms with Crippen molar-refractivity contribution in [1.82, 2.24) is 4.98 Å². The molecule has 0 aromatic carbocycles. The first-order valence-electron chi connectivity index (χ1n) is 6.17. The molecule has 16 heavy (non-hydrogen) atoms. The van der Waals surface area contributed by atoms with Crippen LogP contribution in [0.2, 0.25) is 0 Å². The molecule has 2 fully saturated rings. The zero-order valence-electron chi connectivity index (χ0n) is 9.32. The number of halogens is 1. The van der Waals surface area contributed by atoms with E-state index in [0.717, 1.165) is 34.6 Å². The molecular formula is C13H17BrN2. The fourth-order valence-electron chi connectivity index (χ4n) is 3.37. The fourth-order valence-corrected chi connectivity index (χ4v) is 3.77. The lowest BCUT2D eigenvalue weighted by atomic mass is 9.89. The smallest absolute Gasteiger partial charge is 0.140 e. The van der Waals surface area contributed by atoms with Crippen LogP contribution in [-0.4, -0.2) is 11.5 Å². The Balaban J connectivity index is 1.59. The molecule has 3 heteroatoms. The van der Waals surface area contributed by atoms with E-state index >= 15 is 0 Å². The Morgan fingerprint density at radius 3 is 3.00 bits per heavy atom. The van der Waals surface area contributed by atoms with E-state index in [1.807, 2.05) is 18.3 Å². The number of rotatable bonds is 3. The van der Waals surface area contributed by atoms with Crippen LogP contribution in [0.5, 0.6) is 0 Å². The van der Waals surface area contributed by atoms with Crippen molar-refractivity contribution in [3.05, 3.63) is 22.8 Å². The molecule has 2 aliphatic carbocycles. The molecule has 2 aliphatic rings. The van der Waals surface area contributed by atoms with E-state index in [2.05, 4.69) is 26.2 Å². The van der Waals surface area contributed by atoms with Crippen LogP contribution in [0.15, 0.2) is 22.8 Å². The number of hydrogen-bond donors (Lipinski definition) is 1. The third-order valence-corrected chi connectivity index (χ3v) is 4.81. The van der Waals surface area contributed by atoms with Crippen molar-refractivity contribution in [1.29, 1.82) is 0 Å². The summed E-state index contributed by atoms with van der Waals surface area (Å²) in [7, 11) is 0. The maximum atomic E-state index is 4.34. The number of fused-ring (bicyclic) bond motifs is 2. The van der Waals surface area contributed by atoms with Gasteiger partial charge in [0.15, 0.2) is 0 Å². The van der Waals surface area contributed by atoms with Crippen LogP contribution in [-0.2, 0) is 0 Å². The van der Waals surface area contributed by atoms with Gasteiger partial charge in [-0.1, -0.05) is 6.42 Å². The van der Waals surface area contributed by atoms with E-state index in [9.17, 15) is 0 Å². The summed E-state index contributed by atoms with van der Waals surface area (Å²) in [5, 5.41) is 3.48. The van der Waals surface area contributed by atoms with Crippen LogP contribution in [0, 0.1) is 17.8 Å². The second kappa shape index (κ2) is 4.36. The summed E-state index contributed by atoms with van der Waals surface area (Å²) in [6.07, 6.45) is 7.70. The SMILES string of the molecule is Brc1cccnc1NCC1CC2CCC1C2. The van der Waals surface area contributed by atoms with Gasteiger partial charge in [-0.15, -0.1) is 0 Å². The molecule has 3 unspecified atom stereocenters. The lowest BCUT2D eigenvalue weighted by Gasteiger charge is -2.22. The summed E-state index contributed by atoms with van der Waals surface area (Å²) < 4.78 is 1.07. The number of nitrogens with zero attached hydrogens (tertiary/aromatic N) is 1. The molecule has 1 N–H and O–H groups in total. The Kier molecular flexibility index (Phi) is 2.88. The molecule has 1 aromatic heterocycles. The molecule has 0 amide bonds. The molecule has 3 rings (SSSR count). The molecule has 86 valence electrons. The molecule has 0 radical (unpaired) electrons. The summed E-state index contributed by atoms with van der Waals surface area (Å²) in [4.78, 5) is 4.34. The molecular weight excluding hydrogens is 264 g/mol. The van der Waals surface area contributed by atoms with Crippen LogP contribution >= 0.6 is 15.9 Å². The lowest BCUT2D eigenvalue weighted by molar-refractivity contribution is 0.348. The molecule has 2 nitrogen and oxygen atoms in total. The van der Waals surface area contributed by atoms with Gasteiger partial charge in [0.1, 0.15) is 5.82 Å². The Morgan fingerprint density at radius 1 is 1.38 bits per heavy atom. The average Bonchev–Trinajstić information content (AvgIpc) is 2.90. The number of nitrogens with one attached hydrogen (secondary N) is 1. The largest absolute Gasteiger partial charge is 0.369 e. The van der Waals surface area contributed by atoms with Gasteiger partial charge in [0.25, 0.3) is 0 Å². The number of hydrogen-bond acceptors (Lipinski definition) is 2. The van der Waals surface area contributed by atoms with Gasteiger partial charge in [0.2, 0.25) is 0 Å². The molecule has 0 aliphatic heterocycles. The number of pyridine rings is 1. The highest BCUT2D eigenvalue weighted by atomic mass is 79.9. The van der Waals surface area contributed by atoms with Crippen LogP contribution in [0.1, 0.15) is 25.7 Å². The van der Waals surface area contributed by atoms with Gasteiger partial charge >= 0.3 is 0 Å². The first kappa shape index (κ1) is 10.6. The number of aromatic nitrogens is 1. The van der Waals surface area contributed by atoms with Crippen LogP contribution < -0.4 is 5.32 Å². The monoisotopic (exact) mass is 280 g/mol. The second-order valence-corrected chi connectivity index (χ2v) is 6.00. The minimum absolute atomic E-state index is 0.882. The van der Waals surface area contributed by atoms with Crippen LogP contribution in [0.25, 0.3) is 0 Å². The standard InChI is InChI=1S/C13H17BrN2/c14-12-2-1-5-15-13(12)16-8-11-7-9-3-4-10(11)6-9/h1-2,5,9-11H,3-4,6-8H2,(H,15,16). The van der Waals surface area contributed by atoms with Crippen molar-refractivity contribution in [2.45, 2.75) is 25.7 Å². The Labute approximate surface area is 105 Å². The fraction of sp³-hybridized carbons (Fsp3) is 0.615. The van der Waals surface area contributed by atoms with E-state index in [-0.39, 0.29) is 0 Å². The van der Waals surface area contributed by atoms with Crippen molar-refractivity contribution in [3.63, 3.8) is 0 Å². The quantitative estimate of drug-likeness (QED) is 0.914. The third kappa shape index (κ3) is 1.97. The topological polar surface area (TPSA) is 24.9 Å². The summed E-state index contributed by atoms with van der Waals surface area (Å²) >= 11 is 3.52. The predicted octanol–water partition coefficient (Wildman–Crippen LogP) is 3.69. The maximum absolute atomic E-state index is 4.34. The normalized spacial score (nSPS) is 31.9. The van der Waals surface area contributed by atoms with E-state index in [4.69, 9.17) is 0 Å². The van der Waals surface area contributed by atoms with Gasteiger partial charge in [0, 0.05) is 12.7 Å². The minimum atomic E-state index is 0.882. The third-order valence-electron chi connectivity index (χ3n) is 4.17. The van der Waals surface area contributed by atoms with Crippen molar-refractivity contribution in [3.8, 4) is 0 Å². The van der Waals surface area contributed by atoms with Crippen molar-refractivity contribution < 1.29 is 0 Å². The van der Waals surface area contributed by atoms with Crippen LogP contribution in [0.3, 0.4) is 0 Å².